The van der Waals surface area contributed by atoms with Gasteiger partial charge < -0.3 is 4.98 Å². The molecule has 1 aromatic heterocycles. The van der Waals surface area contributed by atoms with Crippen molar-refractivity contribution in [1.29, 1.82) is 5.26 Å². The number of likely N-dealkylation sites (tertiary alicyclic amines) is 1. The molecule has 2 heterocycles. The van der Waals surface area contributed by atoms with Crippen LogP contribution in [0, 0.1) is 16.7 Å². The summed E-state index contributed by atoms with van der Waals surface area (Å²) < 4.78 is 0. The summed E-state index contributed by atoms with van der Waals surface area (Å²) >= 11 is 0. The molecule has 3 nitrogen and oxygen atoms in total. The van der Waals surface area contributed by atoms with Crippen molar-refractivity contribution in [1.82, 2.24) is 9.88 Å². The van der Waals surface area contributed by atoms with Crippen molar-refractivity contribution < 1.29 is 0 Å². The first-order valence-corrected chi connectivity index (χ1v) is 9.55. The van der Waals surface area contributed by atoms with Crippen LogP contribution in [0.2, 0.25) is 0 Å². The summed E-state index contributed by atoms with van der Waals surface area (Å²) in [5, 5.41) is 12.2. The van der Waals surface area contributed by atoms with Crippen molar-refractivity contribution in [2.45, 2.75) is 40.0 Å². The molecule has 1 aliphatic rings. The molecule has 3 heteroatoms. The van der Waals surface area contributed by atoms with Crippen molar-refractivity contribution in [3.8, 4) is 6.07 Å². The van der Waals surface area contributed by atoms with Crippen LogP contribution in [0.4, 0.5) is 0 Å². The van der Waals surface area contributed by atoms with E-state index >= 15 is 0 Å². The first-order chi connectivity index (χ1) is 12.5. The average molecular weight is 350 g/mol. The van der Waals surface area contributed by atoms with Gasteiger partial charge in [0.05, 0.1) is 6.07 Å². The Hall–Kier alpha value is -2.31. The Labute approximate surface area is 157 Å². The standard InChI is InChI=1S/C21H25N3.C2H6/c1-16(15-24-12-9-21(3,8-11-22)10-13-24)14-20-17(2)18-6-4-5-7-19(18)23-20;1-2/h4-7,14,23H,1-2,8-10,12-13,15H2,3H3;1-2H3/b20-14+;. The van der Waals surface area contributed by atoms with Gasteiger partial charge in [-0.15, -0.1) is 0 Å². The third-order valence-corrected chi connectivity index (χ3v) is 5.19. The van der Waals surface area contributed by atoms with E-state index < -0.39 is 0 Å². The van der Waals surface area contributed by atoms with Crippen LogP contribution in [0.5, 0.6) is 0 Å². The lowest BCUT2D eigenvalue weighted by molar-refractivity contribution is 0.130. The molecule has 26 heavy (non-hydrogen) atoms. The van der Waals surface area contributed by atoms with Gasteiger partial charge in [0.2, 0.25) is 0 Å². The van der Waals surface area contributed by atoms with Crippen LogP contribution in [0.1, 0.15) is 40.0 Å². The van der Waals surface area contributed by atoms with Crippen LogP contribution in [0.25, 0.3) is 23.6 Å². The topological polar surface area (TPSA) is 42.8 Å². The smallest absolute Gasteiger partial charge is 0.0627 e. The van der Waals surface area contributed by atoms with Gasteiger partial charge in [-0.05, 0) is 49.1 Å². The van der Waals surface area contributed by atoms with Gasteiger partial charge in [-0.25, -0.2) is 0 Å². The molecule has 1 fully saturated rings. The number of H-pyrrole nitrogens is 1. The molecule has 2 aromatic rings. The SMILES string of the molecule is C=C(/C=c1/[nH]c2ccccc2c1=C)CN1CCC(C)(CC#N)CC1.CC. The molecule has 0 unspecified atom stereocenters. The molecule has 138 valence electrons. The maximum Gasteiger partial charge on any atom is 0.0627 e. The minimum absolute atomic E-state index is 0.188. The number of aromatic nitrogens is 1. The summed E-state index contributed by atoms with van der Waals surface area (Å²) in [4.78, 5) is 5.86. The van der Waals surface area contributed by atoms with E-state index in [0.717, 1.165) is 54.1 Å². The molecular formula is C23H31N3. The number of nitriles is 1. The average Bonchev–Trinajstić information content (AvgIpc) is 2.95. The van der Waals surface area contributed by atoms with E-state index in [2.05, 4.69) is 54.2 Å². The van der Waals surface area contributed by atoms with Gasteiger partial charge in [-0.1, -0.05) is 52.1 Å². The number of para-hydroxylation sites is 1. The Morgan fingerprint density at radius 2 is 1.96 bits per heavy atom. The van der Waals surface area contributed by atoms with Crippen LogP contribution in [0.15, 0.2) is 36.4 Å². The van der Waals surface area contributed by atoms with Gasteiger partial charge in [-0.2, -0.15) is 5.26 Å². The fraction of sp³-hybridized carbons (Fsp3) is 0.435. The highest BCUT2D eigenvalue weighted by Gasteiger charge is 2.29. The molecule has 0 saturated carbocycles. The highest BCUT2D eigenvalue weighted by Crippen LogP contribution is 2.33. The quantitative estimate of drug-likeness (QED) is 0.908. The predicted molar refractivity (Wildman–Crippen MR) is 112 cm³/mol. The van der Waals surface area contributed by atoms with Crippen LogP contribution in [-0.4, -0.2) is 29.5 Å². The molecular weight excluding hydrogens is 318 g/mol. The number of nitrogens with one attached hydrogen (secondary N) is 1. The minimum atomic E-state index is 0.188. The number of fused-ring (bicyclic) bond motifs is 1. The summed E-state index contributed by atoms with van der Waals surface area (Å²) in [5.41, 5.74) is 2.40. The van der Waals surface area contributed by atoms with Gasteiger partial charge in [0.1, 0.15) is 0 Å². The monoisotopic (exact) mass is 349 g/mol. The molecule has 0 bridgehead atoms. The van der Waals surface area contributed by atoms with Gasteiger partial charge in [0.25, 0.3) is 0 Å². The van der Waals surface area contributed by atoms with Gasteiger partial charge in [0.15, 0.2) is 0 Å². The number of hydrogen-bond acceptors (Lipinski definition) is 2. The number of benzene rings is 1. The summed E-state index contributed by atoms with van der Waals surface area (Å²) in [5.74, 6) is 0. The second-order valence-corrected chi connectivity index (χ2v) is 7.29. The summed E-state index contributed by atoms with van der Waals surface area (Å²) in [6, 6.07) is 10.6. The Morgan fingerprint density at radius 1 is 1.31 bits per heavy atom. The lowest BCUT2D eigenvalue weighted by Gasteiger charge is -2.38. The Balaban J connectivity index is 0.00000117. The highest BCUT2D eigenvalue weighted by molar-refractivity contribution is 5.80. The molecule has 1 N–H and O–H groups in total. The molecule has 1 aromatic carbocycles. The van der Waals surface area contributed by atoms with Gasteiger partial charge >= 0.3 is 0 Å². The van der Waals surface area contributed by atoms with Gasteiger partial charge in [-0.3, -0.25) is 4.90 Å². The number of piperidine rings is 1. The molecule has 0 spiro atoms. The van der Waals surface area contributed by atoms with E-state index in [1.165, 1.54) is 5.39 Å². The molecule has 3 rings (SSSR count). The largest absolute Gasteiger partial charge is 0.355 e. The second kappa shape index (κ2) is 8.87. The zero-order chi connectivity index (χ0) is 19.2. The lowest BCUT2D eigenvalue weighted by Crippen LogP contribution is -2.39. The van der Waals surface area contributed by atoms with E-state index in [1.807, 2.05) is 26.0 Å². The van der Waals surface area contributed by atoms with Crippen molar-refractivity contribution in [3.63, 3.8) is 0 Å². The number of hydrogen-bond donors (Lipinski definition) is 1. The van der Waals surface area contributed by atoms with Crippen molar-refractivity contribution in [2.24, 2.45) is 5.41 Å². The Kier molecular flexibility index (Phi) is 6.83. The molecule has 1 aliphatic heterocycles. The van der Waals surface area contributed by atoms with Crippen LogP contribution >= 0.6 is 0 Å². The summed E-state index contributed by atoms with van der Waals surface area (Å²) in [6.45, 7) is 17.6. The first-order valence-electron chi connectivity index (χ1n) is 9.55. The Bertz CT molecular complexity index is 890. The Morgan fingerprint density at radius 3 is 2.58 bits per heavy atom. The maximum absolute atomic E-state index is 8.95. The molecule has 0 radical (unpaired) electrons. The van der Waals surface area contributed by atoms with Crippen LogP contribution in [0.3, 0.4) is 0 Å². The van der Waals surface area contributed by atoms with E-state index in [9.17, 15) is 0 Å². The number of aromatic amines is 1. The zero-order valence-corrected chi connectivity index (χ0v) is 16.4. The van der Waals surface area contributed by atoms with E-state index in [0.29, 0.717) is 6.42 Å². The summed E-state index contributed by atoms with van der Waals surface area (Å²) in [6.07, 6.45) is 4.95. The van der Waals surface area contributed by atoms with Crippen molar-refractivity contribution in [3.05, 3.63) is 47.0 Å². The van der Waals surface area contributed by atoms with Crippen molar-refractivity contribution >= 4 is 23.6 Å². The maximum atomic E-state index is 8.95. The molecule has 0 aliphatic carbocycles. The van der Waals surface area contributed by atoms with Crippen molar-refractivity contribution in [2.75, 3.05) is 19.6 Å². The van der Waals surface area contributed by atoms with E-state index in [4.69, 9.17) is 5.26 Å². The fourth-order valence-corrected chi connectivity index (χ4v) is 3.50. The third kappa shape index (κ3) is 4.65. The second-order valence-electron chi connectivity index (χ2n) is 7.29. The first kappa shape index (κ1) is 20.0. The third-order valence-electron chi connectivity index (χ3n) is 5.19. The molecule has 0 amide bonds. The van der Waals surface area contributed by atoms with Gasteiger partial charge in [0, 0.05) is 34.4 Å². The number of rotatable bonds is 4. The van der Waals surface area contributed by atoms with Crippen LogP contribution < -0.4 is 10.6 Å². The van der Waals surface area contributed by atoms with Crippen LogP contribution in [-0.2, 0) is 0 Å². The predicted octanol–water partition coefficient (Wildman–Crippen LogP) is 3.96. The molecule has 0 atom stereocenters. The zero-order valence-electron chi connectivity index (χ0n) is 16.4. The normalized spacial score (nSPS) is 17.4. The molecule has 1 saturated heterocycles. The lowest BCUT2D eigenvalue weighted by atomic mass is 9.78. The fourth-order valence-electron chi connectivity index (χ4n) is 3.50. The number of nitrogens with zero attached hydrogens (tertiary/aromatic N) is 2. The summed E-state index contributed by atoms with van der Waals surface area (Å²) in [7, 11) is 0. The highest BCUT2D eigenvalue weighted by atomic mass is 15.1. The van der Waals surface area contributed by atoms with E-state index in [-0.39, 0.29) is 5.41 Å². The minimum Gasteiger partial charge on any atom is -0.355 e. The van der Waals surface area contributed by atoms with E-state index in [1.54, 1.807) is 0 Å².